The van der Waals surface area contributed by atoms with Crippen molar-refractivity contribution < 1.29 is 0 Å². The highest BCUT2D eigenvalue weighted by Gasteiger charge is 2.03. The van der Waals surface area contributed by atoms with E-state index in [1.165, 1.54) is 27.1 Å². The molecule has 0 saturated carbocycles. The van der Waals surface area contributed by atoms with Crippen molar-refractivity contribution in [1.29, 1.82) is 0 Å². The first-order chi connectivity index (χ1) is 7.83. The largest absolute Gasteiger partial charge is 0.342 e. The second-order valence-electron chi connectivity index (χ2n) is 3.58. The number of halogens is 1. The minimum Gasteiger partial charge on any atom is -0.342 e. The number of hydrogen-bond donors (Lipinski definition) is 0. The van der Waals surface area contributed by atoms with Gasteiger partial charge in [0.05, 0.1) is 6.54 Å². The molecular weight excluding hydrogens is 240 g/mol. The fourth-order valence-corrected chi connectivity index (χ4v) is 2.78. The van der Waals surface area contributed by atoms with E-state index in [9.17, 15) is 0 Å². The van der Waals surface area contributed by atoms with Crippen molar-refractivity contribution in [2.24, 2.45) is 0 Å². The van der Waals surface area contributed by atoms with Crippen LogP contribution in [0.4, 0.5) is 0 Å². The van der Waals surface area contributed by atoms with Crippen molar-refractivity contribution in [3.8, 4) is 0 Å². The molecule has 2 aromatic heterocycles. The first kappa shape index (κ1) is 9.87. The van der Waals surface area contributed by atoms with Gasteiger partial charge in [-0.25, -0.2) is 4.98 Å². The first-order valence-electron chi connectivity index (χ1n) is 4.97. The molecule has 0 N–H and O–H groups in total. The monoisotopic (exact) mass is 248 g/mol. The Kier molecular flexibility index (Phi) is 2.42. The number of aromatic nitrogens is 2. The minimum absolute atomic E-state index is 0.603. The molecule has 3 rings (SSSR count). The standard InChI is InChI=1S/C12H9ClN2S/c13-12-14-7-10(16-12)8-15-6-5-9-3-1-2-4-11(9)15/h1-7H,8H2. The van der Waals surface area contributed by atoms with E-state index in [0.29, 0.717) is 4.47 Å². The van der Waals surface area contributed by atoms with Gasteiger partial charge in [-0.05, 0) is 17.5 Å². The average molecular weight is 249 g/mol. The number of rotatable bonds is 2. The average Bonchev–Trinajstić information content (AvgIpc) is 2.87. The van der Waals surface area contributed by atoms with Crippen LogP contribution in [0.5, 0.6) is 0 Å². The molecule has 0 bridgehead atoms. The smallest absolute Gasteiger partial charge is 0.183 e. The van der Waals surface area contributed by atoms with Gasteiger partial charge in [-0.1, -0.05) is 29.8 Å². The summed E-state index contributed by atoms with van der Waals surface area (Å²) in [5, 5.41) is 1.26. The zero-order chi connectivity index (χ0) is 11.0. The van der Waals surface area contributed by atoms with E-state index >= 15 is 0 Å². The van der Waals surface area contributed by atoms with Crippen LogP contribution < -0.4 is 0 Å². The number of nitrogens with zero attached hydrogens (tertiary/aromatic N) is 2. The van der Waals surface area contributed by atoms with Crippen LogP contribution in [-0.2, 0) is 6.54 Å². The predicted molar refractivity (Wildman–Crippen MR) is 68.2 cm³/mol. The minimum atomic E-state index is 0.603. The van der Waals surface area contributed by atoms with E-state index in [2.05, 4.69) is 46.1 Å². The van der Waals surface area contributed by atoms with Crippen LogP contribution in [0, 0.1) is 0 Å². The van der Waals surface area contributed by atoms with Crippen molar-refractivity contribution >= 4 is 33.8 Å². The van der Waals surface area contributed by atoms with E-state index in [4.69, 9.17) is 11.6 Å². The molecular formula is C12H9ClN2S. The summed E-state index contributed by atoms with van der Waals surface area (Å²) < 4.78 is 2.81. The Morgan fingerprint density at radius 3 is 2.94 bits per heavy atom. The molecule has 0 unspecified atom stereocenters. The Bertz CT molecular complexity index is 627. The lowest BCUT2D eigenvalue weighted by Crippen LogP contribution is -1.94. The van der Waals surface area contributed by atoms with Gasteiger partial charge in [0, 0.05) is 22.8 Å². The van der Waals surface area contributed by atoms with Crippen LogP contribution in [0.3, 0.4) is 0 Å². The van der Waals surface area contributed by atoms with Crippen LogP contribution in [0.2, 0.25) is 4.47 Å². The van der Waals surface area contributed by atoms with Crippen molar-refractivity contribution in [2.45, 2.75) is 6.54 Å². The number of hydrogen-bond acceptors (Lipinski definition) is 2. The fourth-order valence-electron chi connectivity index (χ4n) is 1.80. The summed E-state index contributed by atoms with van der Waals surface area (Å²) in [6.45, 7) is 0.831. The van der Waals surface area contributed by atoms with Gasteiger partial charge in [-0.3, -0.25) is 0 Å². The number of benzene rings is 1. The van der Waals surface area contributed by atoms with E-state index in [1.807, 2.05) is 6.20 Å². The van der Waals surface area contributed by atoms with Crippen molar-refractivity contribution in [2.75, 3.05) is 0 Å². The molecule has 0 fully saturated rings. The maximum absolute atomic E-state index is 5.82. The van der Waals surface area contributed by atoms with Crippen LogP contribution in [0.15, 0.2) is 42.7 Å². The number of para-hydroxylation sites is 1. The van der Waals surface area contributed by atoms with Gasteiger partial charge >= 0.3 is 0 Å². The summed E-state index contributed by atoms with van der Waals surface area (Å²) in [4.78, 5) is 5.22. The zero-order valence-corrected chi connectivity index (χ0v) is 10.0. The van der Waals surface area contributed by atoms with Gasteiger partial charge < -0.3 is 4.57 Å². The molecule has 0 aliphatic rings. The molecule has 0 amide bonds. The lowest BCUT2D eigenvalue weighted by molar-refractivity contribution is 0.849. The van der Waals surface area contributed by atoms with Gasteiger partial charge in [-0.2, -0.15) is 0 Å². The third kappa shape index (κ3) is 1.72. The lowest BCUT2D eigenvalue weighted by atomic mass is 10.2. The molecule has 0 aliphatic carbocycles. The van der Waals surface area contributed by atoms with Crippen molar-refractivity contribution in [3.63, 3.8) is 0 Å². The quantitative estimate of drug-likeness (QED) is 0.675. The second-order valence-corrected chi connectivity index (χ2v) is 5.28. The highest BCUT2D eigenvalue weighted by molar-refractivity contribution is 7.15. The Morgan fingerprint density at radius 2 is 2.12 bits per heavy atom. The molecule has 0 aliphatic heterocycles. The Balaban J connectivity index is 2.00. The predicted octanol–water partition coefficient (Wildman–Crippen LogP) is 3.80. The fraction of sp³-hybridized carbons (Fsp3) is 0.0833. The van der Waals surface area contributed by atoms with Crippen molar-refractivity contribution in [1.82, 2.24) is 9.55 Å². The molecule has 2 heterocycles. The van der Waals surface area contributed by atoms with Gasteiger partial charge in [0.2, 0.25) is 0 Å². The summed E-state index contributed by atoms with van der Waals surface area (Å²) in [5.74, 6) is 0. The third-order valence-corrected chi connectivity index (χ3v) is 3.63. The molecule has 80 valence electrons. The van der Waals surface area contributed by atoms with E-state index < -0.39 is 0 Å². The lowest BCUT2D eigenvalue weighted by Gasteiger charge is -2.02. The molecule has 0 saturated heterocycles. The molecule has 16 heavy (non-hydrogen) atoms. The molecule has 0 radical (unpaired) electrons. The molecule has 0 spiro atoms. The van der Waals surface area contributed by atoms with Crippen molar-refractivity contribution in [3.05, 3.63) is 52.1 Å². The number of thiazole rings is 1. The van der Waals surface area contributed by atoms with Crippen LogP contribution >= 0.6 is 22.9 Å². The summed E-state index contributed by atoms with van der Waals surface area (Å²) in [6, 6.07) is 10.5. The number of fused-ring (bicyclic) bond motifs is 1. The molecule has 3 aromatic rings. The molecule has 1 aromatic carbocycles. The van der Waals surface area contributed by atoms with Crippen LogP contribution in [-0.4, -0.2) is 9.55 Å². The highest BCUT2D eigenvalue weighted by atomic mass is 35.5. The normalized spacial score (nSPS) is 11.1. The highest BCUT2D eigenvalue weighted by Crippen LogP contribution is 2.21. The molecule has 0 atom stereocenters. The SMILES string of the molecule is Clc1ncc(Cn2ccc3ccccc32)s1. The maximum Gasteiger partial charge on any atom is 0.183 e. The summed E-state index contributed by atoms with van der Waals surface area (Å²) in [5.41, 5.74) is 1.24. The Hall–Kier alpha value is -1.32. The van der Waals surface area contributed by atoms with Crippen LogP contribution in [0.25, 0.3) is 10.9 Å². The summed E-state index contributed by atoms with van der Waals surface area (Å²) >= 11 is 7.34. The topological polar surface area (TPSA) is 17.8 Å². The third-order valence-electron chi connectivity index (χ3n) is 2.53. The summed E-state index contributed by atoms with van der Waals surface area (Å²) in [6.07, 6.45) is 3.93. The van der Waals surface area contributed by atoms with E-state index in [-0.39, 0.29) is 0 Å². The van der Waals surface area contributed by atoms with Gasteiger partial charge in [0.25, 0.3) is 0 Å². The Labute approximate surface area is 102 Å². The van der Waals surface area contributed by atoms with E-state index in [1.54, 1.807) is 0 Å². The van der Waals surface area contributed by atoms with Gasteiger partial charge in [-0.15, -0.1) is 11.3 Å². The molecule has 2 nitrogen and oxygen atoms in total. The molecule has 4 heteroatoms. The van der Waals surface area contributed by atoms with Gasteiger partial charge in [0.1, 0.15) is 0 Å². The van der Waals surface area contributed by atoms with Gasteiger partial charge in [0.15, 0.2) is 4.47 Å². The zero-order valence-electron chi connectivity index (χ0n) is 8.43. The first-order valence-corrected chi connectivity index (χ1v) is 6.16. The van der Waals surface area contributed by atoms with E-state index in [0.717, 1.165) is 6.54 Å². The summed E-state index contributed by atoms with van der Waals surface area (Å²) in [7, 11) is 0. The Morgan fingerprint density at radius 1 is 1.25 bits per heavy atom. The maximum atomic E-state index is 5.82. The second kappa shape index (κ2) is 3.92. The van der Waals surface area contributed by atoms with Crippen LogP contribution in [0.1, 0.15) is 4.88 Å².